The van der Waals surface area contributed by atoms with Crippen molar-refractivity contribution in [3.63, 3.8) is 0 Å². The van der Waals surface area contributed by atoms with Crippen LogP contribution in [0.5, 0.6) is 5.75 Å². The highest BCUT2D eigenvalue weighted by Crippen LogP contribution is 2.45. The fourth-order valence-corrected chi connectivity index (χ4v) is 5.11. The van der Waals surface area contributed by atoms with Gasteiger partial charge in [0, 0.05) is 43.0 Å². The summed E-state index contributed by atoms with van der Waals surface area (Å²) < 4.78 is 6.35. The highest BCUT2D eigenvalue weighted by molar-refractivity contribution is 6.44. The van der Waals surface area contributed by atoms with Gasteiger partial charge >= 0.3 is 0 Å². The van der Waals surface area contributed by atoms with Crippen LogP contribution < -0.4 is 19.5 Å². The molecule has 6 nitrogen and oxygen atoms in total. The van der Waals surface area contributed by atoms with Crippen LogP contribution in [0.25, 0.3) is 0 Å². The number of rotatable bonds is 8. The van der Waals surface area contributed by atoms with Crippen LogP contribution >= 0.6 is 23.2 Å². The molecular formula is C31H28Cl2N4O2. The highest BCUT2D eigenvalue weighted by atomic mass is 35.5. The monoisotopic (exact) mass is 558 g/mol. The van der Waals surface area contributed by atoms with E-state index in [-0.39, 0.29) is 5.78 Å². The van der Waals surface area contributed by atoms with Crippen LogP contribution in [0, 0.1) is 0 Å². The minimum absolute atomic E-state index is 0.171. The smallest absolute Gasteiger partial charge is 0.198 e. The number of carbonyl (C=O) groups excluding carboxylic acids is 1. The summed E-state index contributed by atoms with van der Waals surface area (Å²) in [4.78, 5) is 16.9. The van der Waals surface area contributed by atoms with E-state index in [0.717, 1.165) is 22.6 Å². The van der Waals surface area contributed by atoms with Gasteiger partial charge in [0.2, 0.25) is 0 Å². The Kier molecular flexibility index (Phi) is 7.77. The summed E-state index contributed by atoms with van der Waals surface area (Å²) in [6.07, 6.45) is -0.599. The van der Waals surface area contributed by atoms with Crippen molar-refractivity contribution in [1.29, 1.82) is 0 Å². The lowest BCUT2D eigenvalue weighted by Crippen LogP contribution is -2.38. The molecule has 0 saturated heterocycles. The van der Waals surface area contributed by atoms with Gasteiger partial charge in [0.05, 0.1) is 10.7 Å². The third kappa shape index (κ3) is 5.58. The molecule has 0 spiro atoms. The first-order valence-electron chi connectivity index (χ1n) is 12.5. The molecule has 0 fully saturated rings. The maximum absolute atomic E-state index is 13.0. The number of para-hydroxylation sites is 1. The van der Waals surface area contributed by atoms with E-state index in [2.05, 4.69) is 0 Å². The van der Waals surface area contributed by atoms with E-state index >= 15 is 0 Å². The van der Waals surface area contributed by atoms with Crippen molar-refractivity contribution in [3.05, 3.63) is 118 Å². The average Bonchev–Trinajstić information content (AvgIpc) is 3.34. The molecule has 0 aromatic heterocycles. The second kappa shape index (κ2) is 11.4. The van der Waals surface area contributed by atoms with E-state index in [4.69, 9.17) is 33.0 Å². The van der Waals surface area contributed by atoms with Crippen LogP contribution in [0.4, 0.5) is 17.1 Å². The predicted octanol–water partition coefficient (Wildman–Crippen LogP) is 7.57. The van der Waals surface area contributed by atoms with E-state index in [1.165, 1.54) is 6.92 Å². The topological polar surface area (TPSA) is 48.4 Å². The number of Topliss-reactive ketones (excluding diaryl/α,β-unsaturated/α-hetero) is 1. The van der Waals surface area contributed by atoms with Gasteiger partial charge in [-0.25, -0.2) is 5.01 Å². The number of benzene rings is 4. The number of anilines is 3. The summed E-state index contributed by atoms with van der Waals surface area (Å²) >= 11 is 13.3. The van der Waals surface area contributed by atoms with Gasteiger partial charge in [-0.15, -0.1) is 5.10 Å². The van der Waals surface area contributed by atoms with Gasteiger partial charge in [-0.3, -0.25) is 9.69 Å². The molecule has 1 aliphatic heterocycles. The first kappa shape index (κ1) is 26.6. The fraction of sp³-hybridized carbons (Fsp3) is 0.161. The van der Waals surface area contributed by atoms with Crippen LogP contribution in [-0.4, -0.2) is 25.7 Å². The molecule has 0 bridgehead atoms. The van der Waals surface area contributed by atoms with Crippen LogP contribution in [-0.2, 0) is 11.4 Å². The first-order valence-corrected chi connectivity index (χ1v) is 13.2. The zero-order valence-corrected chi connectivity index (χ0v) is 23.4. The first-order chi connectivity index (χ1) is 18.8. The molecule has 0 unspecified atom stereocenters. The molecule has 0 amide bonds. The Morgan fingerprint density at radius 3 is 2.15 bits per heavy atom. The Bertz CT molecular complexity index is 1490. The SMILES string of the molecule is CC(=O)C1=NN(c2ccccc2)[C@@H](c2cc(Cl)cc(Cl)c2OCc2ccccc2)N1c1ccc(N(C)C)cc1. The number of ether oxygens (including phenoxy) is 1. The van der Waals surface area contributed by atoms with Gasteiger partial charge in [0.25, 0.3) is 0 Å². The molecule has 5 rings (SSSR count). The van der Waals surface area contributed by atoms with E-state index in [1.54, 1.807) is 6.07 Å². The minimum atomic E-state index is -0.599. The molecule has 0 aliphatic carbocycles. The van der Waals surface area contributed by atoms with Gasteiger partial charge in [0.15, 0.2) is 17.8 Å². The third-order valence-corrected chi connectivity index (χ3v) is 6.93. The number of carbonyl (C=O) groups is 1. The molecule has 1 heterocycles. The lowest BCUT2D eigenvalue weighted by molar-refractivity contribution is -0.111. The van der Waals surface area contributed by atoms with E-state index in [9.17, 15) is 4.79 Å². The molecule has 0 radical (unpaired) electrons. The van der Waals surface area contributed by atoms with E-state index in [1.807, 2.05) is 120 Å². The van der Waals surface area contributed by atoms with Crippen molar-refractivity contribution in [2.45, 2.75) is 19.7 Å². The number of ketones is 1. The number of amidine groups is 1. The molecule has 1 aliphatic rings. The van der Waals surface area contributed by atoms with E-state index in [0.29, 0.717) is 33.8 Å². The lowest BCUT2D eigenvalue weighted by Gasteiger charge is -2.33. The van der Waals surface area contributed by atoms with Crippen molar-refractivity contribution in [1.82, 2.24) is 0 Å². The minimum Gasteiger partial charge on any atom is -0.487 e. The number of halogens is 2. The number of hydrogen-bond donors (Lipinski definition) is 0. The van der Waals surface area contributed by atoms with Crippen molar-refractivity contribution in [3.8, 4) is 5.75 Å². The Morgan fingerprint density at radius 2 is 1.54 bits per heavy atom. The zero-order valence-electron chi connectivity index (χ0n) is 21.9. The average molecular weight is 559 g/mol. The molecule has 8 heteroatoms. The maximum atomic E-state index is 13.0. The van der Waals surface area contributed by atoms with Crippen LogP contribution in [0.2, 0.25) is 10.0 Å². The third-order valence-electron chi connectivity index (χ3n) is 6.43. The molecule has 4 aromatic rings. The molecule has 1 atom stereocenters. The van der Waals surface area contributed by atoms with Crippen molar-refractivity contribution >= 4 is 51.9 Å². The molecule has 4 aromatic carbocycles. The summed E-state index contributed by atoms with van der Waals surface area (Å²) in [5, 5.41) is 7.47. The highest BCUT2D eigenvalue weighted by Gasteiger charge is 2.41. The predicted molar refractivity (Wildman–Crippen MR) is 160 cm³/mol. The number of hydrazone groups is 1. The largest absolute Gasteiger partial charge is 0.487 e. The zero-order chi connectivity index (χ0) is 27.5. The Morgan fingerprint density at radius 1 is 0.897 bits per heavy atom. The Balaban J connectivity index is 1.68. The molecule has 39 heavy (non-hydrogen) atoms. The normalized spacial score (nSPS) is 14.8. The van der Waals surface area contributed by atoms with Gasteiger partial charge in [-0.1, -0.05) is 71.7 Å². The second-order valence-electron chi connectivity index (χ2n) is 9.39. The Hall–Kier alpha value is -4.00. The summed E-state index contributed by atoms with van der Waals surface area (Å²) in [6.45, 7) is 1.83. The van der Waals surface area contributed by atoms with Gasteiger partial charge in [0.1, 0.15) is 12.4 Å². The quantitative estimate of drug-likeness (QED) is 0.223. The molecular weight excluding hydrogens is 531 g/mol. The molecule has 198 valence electrons. The second-order valence-corrected chi connectivity index (χ2v) is 10.2. The van der Waals surface area contributed by atoms with Crippen LogP contribution in [0.1, 0.15) is 24.2 Å². The molecule has 0 saturated carbocycles. The van der Waals surface area contributed by atoms with Crippen molar-refractivity contribution < 1.29 is 9.53 Å². The summed E-state index contributed by atoms with van der Waals surface area (Å²) in [6, 6.07) is 31.0. The number of nitrogens with zero attached hydrogens (tertiary/aromatic N) is 4. The van der Waals surface area contributed by atoms with Gasteiger partial charge in [-0.05, 0) is 54.1 Å². The van der Waals surface area contributed by atoms with E-state index < -0.39 is 6.17 Å². The standard InChI is InChI=1S/C31H28Cl2N4O2/c1-21(38)30-34-37(26-12-8-5-9-13-26)31(36(30)25-16-14-24(15-17-25)35(2)3)27-18-23(32)19-28(33)29(27)39-20-22-10-6-4-7-11-22/h4-19,31H,20H2,1-3H3/t31-/m0/s1. The van der Waals surface area contributed by atoms with Gasteiger partial charge in [-0.2, -0.15) is 0 Å². The molecule has 0 N–H and O–H groups in total. The van der Waals surface area contributed by atoms with Crippen LogP contribution in [0.15, 0.2) is 102 Å². The van der Waals surface area contributed by atoms with Crippen molar-refractivity contribution in [2.75, 3.05) is 28.9 Å². The summed E-state index contributed by atoms with van der Waals surface area (Å²) in [5.74, 6) is 0.604. The number of hydrogen-bond acceptors (Lipinski definition) is 6. The maximum Gasteiger partial charge on any atom is 0.198 e. The Labute approximate surface area is 238 Å². The lowest BCUT2D eigenvalue weighted by atomic mass is 10.1. The fourth-order valence-electron chi connectivity index (χ4n) is 4.55. The summed E-state index contributed by atoms with van der Waals surface area (Å²) in [5.41, 5.74) is 4.32. The summed E-state index contributed by atoms with van der Waals surface area (Å²) in [7, 11) is 3.97. The van der Waals surface area contributed by atoms with Crippen LogP contribution in [0.3, 0.4) is 0 Å². The van der Waals surface area contributed by atoms with Crippen molar-refractivity contribution in [2.24, 2.45) is 5.10 Å². The van der Waals surface area contributed by atoms with Gasteiger partial charge < -0.3 is 9.64 Å².